The van der Waals surface area contributed by atoms with Crippen LogP contribution in [0.15, 0.2) is 194 Å². The molecule has 0 saturated heterocycles. The molecule has 4 heteroatoms. The summed E-state index contributed by atoms with van der Waals surface area (Å²) in [5.41, 5.74) is 16.9. The van der Waals surface area contributed by atoms with Crippen molar-refractivity contribution in [1.82, 2.24) is 19.9 Å². The summed E-state index contributed by atoms with van der Waals surface area (Å²) in [7, 11) is 0. The van der Waals surface area contributed by atoms with E-state index in [0.717, 1.165) is 56.6 Å². The monoisotopic (exact) mass is 786 g/mol. The summed E-state index contributed by atoms with van der Waals surface area (Å²) in [5.74, 6) is 1.78. The van der Waals surface area contributed by atoms with Crippen LogP contribution in [0.5, 0.6) is 0 Å². The second kappa shape index (κ2) is 15.4. The van der Waals surface area contributed by atoms with E-state index in [2.05, 4.69) is 204 Å². The third-order valence-corrected chi connectivity index (χ3v) is 12.2. The van der Waals surface area contributed by atoms with E-state index in [1.165, 1.54) is 33.4 Å². The molecule has 2 aromatic heterocycles. The zero-order valence-corrected chi connectivity index (χ0v) is 35.0. The zero-order chi connectivity index (χ0) is 41.6. The Kier molecular flexibility index (Phi) is 9.57. The Morgan fingerprint density at radius 2 is 0.689 bits per heavy atom. The summed E-state index contributed by atoms with van der Waals surface area (Å²) in [6.07, 6.45) is 3.03. The Hall–Kier alpha value is -7.30. The molecule has 7 aromatic carbocycles. The van der Waals surface area contributed by atoms with Crippen LogP contribution in [0.2, 0.25) is 0 Å². The Bertz CT molecular complexity index is 2890. The van der Waals surface area contributed by atoms with Gasteiger partial charge >= 0.3 is 0 Å². The second-order valence-electron chi connectivity index (χ2n) is 17.5. The lowest BCUT2D eigenvalue weighted by Crippen LogP contribution is -2.17. The minimum Gasteiger partial charge on any atom is -0.255 e. The van der Waals surface area contributed by atoms with Crippen LogP contribution in [0.4, 0.5) is 0 Å². The maximum atomic E-state index is 5.18. The number of nitrogens with zero attached hydrogens (tertiary/aromatic N) is 4. The Morgan fingerprint density at radius 1 is 0.311 bits per heavy atom. The molecule has 0 N–H and O–H groups in total. The lowest BCUT2D eigenvalue weighted by atomic mass is 9.82. The van der Waals surface area contributed by atoms with E-state index >= 15 is 0 Å². The molecule has 10 rings (SSSR count). The highest BCUT2D eigenvalue weighted by molar-refractivity contribution is 5.79. The Balaban J connectivity index is 1.05. The highest BCUT2D eigenvalue weighted by Crippen LogP contribution is 2.50. The van der Waals surface area contributed by atoms with Gasteiger partial charge in [0.1, 0.15) is 0 Å². The molecule has 9 aromatic rings. The normalized spacial score (nSPS) is 13.8. The molecule has 0 atom stereocenters. The fourth-order valence-electron chi connectivity index (χ4n) is 9.30. The van der Waals surface area contributed by atoms with Gasteiger partial charge < -0.3 is 0 Å². The first kappa shape index (κ1) is 37.9. The summed E-state index contributed by atoms with van der Waals surface area (Å²) in [4.78, 5) is 20.5. The molecule has 0 aliphatic heterocycles. The maximum absolute atomic E-state index is 5.18. The summed E-state index contributed by atoms with van der Waals surface area (Å²) >= 11 is 0. The molecule has 0 spiro atoms. The van der Waals surface area contributed by atoms with Gasteiger partial charge in [0.05, 0.1) is 5.69 Å². The summed E-state index contributed by atoms with van der Waals surface area (Å²) < 4.78 is 0. The lowest BCUT2D eigenvalue weighted by Gasteiger charge is -2.22. The number of aromatic nitrogens is 4. The molecule has 0 amide bonds. The molecular formula is C57H46N4. The summed E-state index contributed by atoms with van der Waals surface area (Å²) in [5, 5.41) is 0. The quantitative estimate of drug-likeness (QED) is 0.154. The van der Waals surface area contributed by atoms with Crippen molar-refractivity contribution in [3.8, 4) is 89.9 Å². The molecule has 4 nitrogen and oxygen atoms in total. The van der Waals surface area contributed by atoms with Crippen molar-refractivity contribution in [3.05, 3.63) is 205 Å². The average Bonchev–Trinajstić information content (AvgIpc) is 3.51. The van der Waals surface area contributed by atoms with Gasteiger partial charge in [0.25, 0.3) is 0 Å². The average molecular weight is 787 g/mol. The third kappa shape index (κ3) is 7.58. The number of hydrogen-bond acceptors (Lipinski definition) is 4. The molecule has 294 valence electrons. The van der Waals surface area contributed by atoms with E-state index in [1.807, 2.05) is 18.3 Å². The smallest absolute Gasteiger partial charge is 0.165 e. The SMILES string of the molecule is CC1(C)CC(C)(C)c2cc(-c3ccc(-c4nc(-c5cccc(-c6cccc(-c7ccccc7)c6)c5)nc(-c5cccc(-c6cccc(-c7ccccc7)c6)c5)n4)cn3)ccc21. The zero-order valence-electron chi connectivity index (χ0n) is 35.0. The molecular weight excluding hydrogens is 741 g/mol. The Morgan fingerprint density at radius 3 is 1.15 bits per heavy atom. The predicted octanol–water partition coefficient (Wildman–Crippen LogP) is 14.6. The van der Waals surface area contributed by atoms with Gasteiger partial charge in [-0.05, 0) is 115 Å². The van der Waals surface area contributed by atoms with Gasteiger partial charge in [0.15, 0.2) is 17.5 Å². The molecule has 0 unspecified atom stereocenters. The van der Waals surface area contributed by atoms with Gasteiger partial charge in [0, 0.05) is 28.5 Å². The molecule has 0 radical (unpaired) electrons. The summed E-state index contributed by atoms with van der Waals surface area (Å²) in [6.45, 7) is 9.41. The number of fused-ring (bicyclic) bond motifs is 1. The molecule has 0 fully saturated rings. The van der Waals surface area contributed by atoms with Gasteiger partial charge in [-0.25, -0.2) is 15.0 Å². The topological polar surface area (TPSA) is 51.6 Å². The van der Waals surface area contributed by atoms with Crippen molar-refractivity contribution in [1.29, 1.82) is 0 Å². The van der Waals surface area contributed by atoms with Gasteiger partial charge in [-0.15, -0.1) is 0 Å². The van der Waals surface area contributed by atoms with E-state index in [0.29, 0.717) is 17.5 Å². The van der Waals surface area contributed by atoms with Crippen LogP contribution in [0, 0.1) is 0 Å². The molecule has 0 saturated carbocycles. The first-order valence-electron chi connectivity index (χ1n) is 21.1. The van der Waals surface area contributed by atoms with E-state index in [1.54, 1.807) is 0 Å². The minimum atomic E-state index is 0.108. The van der Waals surface area contributed by atoms with Crippen molar-refractivity contribution in [2.75, 3.05) is 0 Å². The van der Waals surface area contributed by atoms with Crippen molar-refractivity contribution in [2.45, 2.75) is 44.9 Å². The molecule has 1 aliphatic carbocycles. The summed E-state index contributed by atoms with van der Waals surface area (Å²) in [6, 6.07) is 66.4. The fraction of sp³-hybridized carbons (Fsp3) is 0.123. The van der Waals surface area contributed by atoms with E-state index in [-0.39, 0.29) is 10.8 Å². The predicted molar refractivity (Wildman–Crippen MR) is 252 cm³/mol. The second-order valence-corrected chi connectivity index (χ2v) is 17.5. The lowest BCUT2D eigenvalue weighted by molar-refractivity contribution is 0.403. The van der Waals surface area contributed by atoms with Crippen LogP contribution >= 0.6 is 0 Å². The van der Waals surface area contributed by atoms with E-state index in [4.69, 9.17) is 19.9 Å². The number of benzene rings is 7. The van der Waals surface area contributed by atoms with Crippen LogP contribution in [0.3, 0.4) is 0 Å². The first-order valence-corrected chi connectivity index (χ1v) is 21.1. The minimum absolute atomic E-state index is 0.108. The standard InChI is InChI=1S/C57H46N4/c1-56(2)37-57(3,4)51-35-46(27-29-50(51)56)52-30-28-49(36-58-52)55-60-53(47-25-13-23-44(33-47)42-21-11-19-40(31-42)38-15-7-5-8-16-38)59-54(61-55)48-26-14-24-45(34-48)43-22-12-20-41(32-43)39-17-9-6-10-18-39/h5-36H,37H2,1-4H3. The molecule has 2 heterocycles. The van der Waals surface area contributed by atoms with Crippen molar-refractivity contribution in [2.24, 2.45) is 0 Å². The fourth-order valence-corrected chi connectivity index (χ4v) is 9.30. The highest BCUT2D eigenvalue weighted by Gasteiger charge is 2.41. The Labute approximate surface area is 358 Å². The van der Waals surface area contributed by atoms with Crippen LogP contribution in [-0.4, -0.2) is 19.9 Å². The van der Waals surface area contributed by atoms with Gasteiger partial charge in [-0.3, -0.25) is 4.98 Å². The molecule has 61 heavy (non-hydrogen) atoms. The largest absolute Gasteiger partial charge is 0.255 e. The van der Waals surface area contributed by atoms with E-state index in [9.17, 15) is 0 Å². The number of hydrogen-bond donors (Lipinski definition) is 0. The first-order chi connectivity index (χ1) is 29.7. The number of rotatable bonds is 8. The van der Waals surface area contributed by atoms with Crippen LogP contribution in [0.25, 0.3) is 89.9 Å². The van der Waals surface area contributed by atoms with Crippen LogP contribution < -0.4 is 0 Å². The van der Waals surface area contributed by atoms with Crippen molar-refractivity contribution < 1.29 is 0 Å². The maximum Gasteiger partial charge on any atom is 0.165 e. The number of pyridine rings is 1. The van der Waals surface area contributed by atoms with Gasteiger partial charge in [-0.1, -0.05) is 173 Å². The van der Waals surface area contributed by atoms with Crippen molar-refractivity contribution >= 4 is 0 Å². The van der Waals surface area contributed by atoms with E-state index < -0.39 is 0 Å². The molecule has 0 bridgehead atoms. The third-order valence-electron chi connectivity index (χ3n) is 12.2. The van der Waals surface area contributed by atoms with Crippen LogP contribution in [-0.2, 0) is 10.8 Å². The van der Waals surface area contributed by atoms with Crippen LogP contribution in [0.1, 0.15) is 45.2 Å². The van der Waals surface area contributed by atoms with Gasteiger partial charge in [-0.2, -0.15) is 0 Å². The highest BCUT2D eigenvalue weighted by atomic mass is 15.0. The van der Waals surface area contributed by atoms with Gasteiger partial charge in [0.2, 0.25) is 0 Å². The van der Waals surface area contributed by atoms with Crippen molar-refractivity contribution in [3.63, 3.8) is 0 Å². The molecule has 1 aliphatic rings.